The zero-order chi connectivity index (χ0) is 13.9. The third-order valence-corrected chi connectivity index (χ3v) is 5.33. The number of allylic oxidation sites excluding steroid dienone is 2. The molecule has 0 N–H and O–H groups in total. The van der Waals surface area contributed by atoms with E-state index in [0.717, 1.165) is 31.3 Å². The first kappa shape index (κ1) is 14.6. The fourth-order valence-corrected chi connectivity index (χ4v) is 3.63. The monoisotopic (exact) mass is 263 g/mol. The summed E-state index contributed by atoms with van der Waals surface area (Å²) in [6, 6.07) is 0. The Kier molecular flexibility index (Phi) is 4.70. The summed E-state index contributed by atoms with van der Waals surface area (Å²) in [7, 11) is 0. The lowest BCUT2D eigenvalue weighted by atomic mass is 9.80. The Hall–Kier alpha value is -0.790. The molecule has 1 amide bonds. The lowest BCUT2D eigenvalue weighted by Gasteiger charge is -2.28. The number of unbranched alkanes of at least 4 members (excludes halogenated alkanes) is 1. The molecule has 2 aliphatic rings. The van der Waals surface area contributed by atoms with Gasteiger partial charge in [0, 0.05) is 20.0 Å². The van der Waals surface area contributed by atoms with E-state index in [9.17, 15) is 4.79 Å². The molecule has 0 aromatic rings. The van der Waals surface area contributed by atoms with Crippen LogP contribution in [0.1, 0.15) is 59.3 Å². The van der Waals surface area contributed by atoms with Crippen LogP contribution in [0.15, 0.2) is 12.2 Å². The van der Waals surface area contributed by atoms with Crippen molar-refractivity contribution in [2.75, 3.05) is 13.1 Å². The van der Waals surface area contributed by atoms with Crippen LogP contribution in [0.25, 0.3) is 0 Å². The molecule has 2 rings (SSSR count). The van der Waals surface area contributed by atoms with E-state index < -0.39 is 0 Å². The van der Waals surface area contributed by atoms with Gasteiger partial charge < -0.3 is 4.90 Å². The third kappa shape index (κ3) is 3.40. The van der Waals surface area contributed by atoms with Crippen molar-refractivity contribution in [1.82, 2.24) is 4.90 Å². The molecule has 0 aromatic carbocycles. The topological polar surface area (TPSA) is 20.3 Å². The van der Waals surface area contributed by atoms with Gasteiger partial charge in [-0.25, -0.2) is 0 Å². The van der Waals surface area contributed by atoms with Gasteiger partial charge in [-0.3, -0.25) is 4.79 Å². The van der Waals surface area contributed by atoms with Gasteiger partial charge >= 0.3 is 0 Å². The van der Waals surface area contributed by atoms with Gasteiger partial charge in [-0.2, -0.15) is 0 Å². The zero-order valence-corrected chi connectivity index (χ0v) is 12.8. The Morgan fingerprint density at radius 1 is 1.42 bits per heavy atom. The van der Waals surface area contributed by atoms with E-state index in [1.165, 1.54) is 32.1 Å². The Morgan fingerprint density at radius 3 is 2.79 bits per heavy atom. The molecule has 2 aliphatic carbocycles. The second-order valence-electron chi connectivity index (χ2n) is 6.71. The summed E-state index contributed by atoms with van der Waals surface area (Å²) in [5.74, 6) is 1.85. The minimum atomic E-state index is 0.256. The molecule has 0 saturated heterocycles. The maximum atomic E-state index is 11.7. The summed E-state index contributed by atoms with van der Waals surface area (Å²) < 4.78 is 0. The lowest BCUT2D eigenvalue weighted by Crippen LogP contribution is -2.33. The van der Waals surface area contributed by atoms with Crippen LogP contribution < -0.4 is 0 Å². The van der Waals surface area contributed by atoms with Crippen molar-refractivity contribution in [2.45, 2.75) is 59.3 Å². The van der Waals surface area contributed by atoms with E-state index in [1.54, 1.807) is 6.92 Å². The molecule has 1 saturated carbocycles. The average Bonchev–Trinajstić information content (AvgIpc) is 3.07. The van der Waals surface area contributed by atoms with Crippen molar-refractivity contribution in [3.63, 3.8) is 0 Å². The summed E-state index contributed by atoms with van der Waals surface area (Å²) in [5.41, 5.74) is 0.505. The molecule has 1 fully saturated rings. The van der Waals surface area contributed by atoms with Crippen LogP contribution in [-0.4, -0.2) is 23.9 Å². The van der Waals surface area contributed by atoms with Crippen LogP contribution in [0, 0.1) is 17.3 Å². The molecule has 0 heterocycles. The number of rotatable bonds is 6. The largest absolute Gasteiger partial charge is 0.343 e. The number of hydrogen-bond donors (Lipinski definition) is 0. The van der Waals surface area contributed by atoms with Crippen LogP contribution >= 0.6 is 0 Å². The van der Waals surface area contributed by atoms with Gasteiger partial charge in [-0.15, -0.1) is 0 Å². The predicted molar refractivity (Wildman–Crippen MR) is 79.9 cm³/mol. The van der Waals surface area contributed by atoms with E-state index in [-0.39, 0.29) is 5.91 Å². The molecule has 0 radical (unpaired) electrons. The highest BCUT2D eigenvalue weighted by molar-refractivity contribution is 5.73. The first-order chi connectivity index (χ1) is 9.08. The van der Waals surface area contributed by atoms with E-state index in [4.69, 9.17) is 0 Å². The minimum absolute atomic E-state index is 0.256. The van der Waals surface area contributed by atoms with Gasteiger partial charge in [0.2, 0.25) is 5.91 Å². The quantitative estimate of drug-likeness (QED) is 0.663. The highest BCUT2D eigenvalue weighted by Gasteiger charge is 2.54. The normalized spacial score (nSPS) is 33.2. The summed E-state index contributed by atoms with van der Waals surface area (Å²) in [6.45, 7) is 8.29. The third-order valence-electron chi connectivity index (χ3n) is 5.33. The molecule has 2 heteroatoms. The van der Waals surface area contributed by atoms with Crippen LogP contribution in [0.3, 0.4) is 0 Å². The van der Waals surface area contributed by atoms with Gasteiger partial charge in [0.05, 0.1) is 0 Å². The Bertz CT molecular complexity index is 349. The molecule has 0 bridgehead atoms. The predicted octanol–water partition coefficient (Wildman–Crippen LogP) is 4.02. The highest BCUT2D eigenvalue weighted by atomic mass is 16.2. The van der Waals surface area contributed by atoms with Crippen LogP contribution in [0.5, 0.6) is 0 Å². The van der Waals surface area contributed by atoms with Crippen molar-refractivity contribution in [3.8, 4) is 0 Å². The molecule has 108 valence electrons. The molecular weight excluding hydrogens is 234 g/mol. The van der Waals surface area contributed by atoms with Crippen molar-refractivity contribution in [3.05, 3.63) is 12.2 Å². The van der Waals surface area contributed by atoms with Crippen LogP contribution in [0.4, 0.5) is 0 Å². The lowest BCUT2D eigenvalue weighted by molar-refractivity contribution is -0.129. The molecular formula is C17H29NO. The maximum absolute atomic E-state index is 11.7. The molecule has 0 aromatic heterocycles. The Labute approximate surface area is 118 Å². The smallest absolute Gasteiger partial charge is 0.219 e. The number of carbonyl (C=O) groups is 1. The van der Waals surface area contributed by atoms with E-state index in [0.29, 0.717) is 5.41 Å². The minimum Gasteiger partial charge on any atom is -0.343 e. The van der Waals surface area contributed by atoms with Gasteiger partial charge in [0.25, 0.3) is 0 Å². The molecule has 0 aliphatic heterocycles. The number of carbonyl (C=O) groups excluding carboxylic acids is 1. The van der Waals surface area contributed by atoms with E-state index in [1.807, 2.05) is 0 Å². The summed E-state index contributed by atoms with van der Waals surface area (Å²) in [5, 5.41) is 0. The van der Waals surface area contributed by atoms with Gasteiger partial charge in [-0.1, -0.05) is 32.4 Å². The number of nitrogens with zero attached hydrogens (tertiary/aromatic N) is 1. The van der Waals surface area contributed by atoms with Gasteiger partial charge in [0.1, 0.15) is 0 Å². The number of amides is 1. The second-order valence-corrected chi connectivity index (χ2v) is 6.71. The maximum Gasteiger partial charge on any atom is 0.219 e. The van der Waals surface area contributed by atoms with E-state index in [2.05, 4.69) is 30.9 Å². The SMILES string of the molecule is CCCCN(CC1CC1(C)C1CC=CCC1)C(C)=O. The van der Waals surface area contributed by atoms with Crippen molar-refractivity contribution in [2.24, 2.45) is 17.3 Å². The fraction of sp³-hybridized carbons (Fsp3) is 0.824. The zero-order valence-electron chi connectivity index (χ0n) is 12.8. The molecule has 3 unspecified atom stereocenters. The summed E-state index contributed by atoms with van der Waals surface area (Å²) >= 11 is 0. The van der Waals surface area contributed by atoms with Gasteiger partial charge in [-0.05, 0) is 49.4 Å². The van der Waals surface area contributed by atoms with E-state index >= 15 is 0 Å². The Balaban J connectivity index is 1.86. The molecule has 2 nitrogen and oxygen atoms in total. The fourth-order valence-electron chi connectivity index (χ4n) is 3.63. The average molecular weight is 263 g/mol. The first-order valence-electron chi connectivity index (χ1n) is 7.98. The van der Waals surface area contributed by atoms with Crippen molar-refractivity contribution in [1.29, 1.82) is 0 Å². The van der Waals surface area contributed by atoms with Crippen LogP contribution in [0.2, 0.25) is 0 Å². The standard InChI is InChI=1S/C17H29NO/c1-4-5-11-18(14(2)19)13-16-12-17(16,3)15-9-7-6-8-10-15/h6-7,15-16H,4-5,8-13H2,1-3H3. The van der Waals surface area contributed by atoms with Gasteiger partial charge in [0.15, 0.2) is 0 Å². The Morgan fingerprint density at radius 2 is 2.21 bits per heavy atom. The number of hydrogen-bond acceptors (Lipinski definition) is 1. The van der Waals surface area contributed by atoms with Crippen LogP contribution in [-0.2, 0) is 4.79 Å². The summed E-state index contributed by atoms with van der Waals surface area (Å²) in [6.07, 6.45) is 12.1. The molecule has 0 spiro atoms. The van der Waals surface area contributed by atoms with Crippen molar-refractivity contribution >= 4 is 5.91 Å². The van der Waals surface area contributed by atoms with Crippen molar-refractivity contribution < 1.29 is 4.79 Å². The summed E-state index contributed by atoms with van der Waals surface area (Å²) in [4.78, 5) is 13.8. The second kappa shape index (κ2) is 6.11. The highest BCUT2D eigenvalue weighted by Crippen LogP contribution is 2.60. The first-order valence-corrected chi connectivity index (χ1v) is 7.98. The molecule has 19 heavy (non-hydrogen) atoms. The molecule has 3 atom stereocenters.